The zero-order valence-electron chi connectivity index (χ0n) is 18.2. The van der Waals surface area contributed by atoms with Crippen LogP contribution in [0.2, 0.25) is 0 Å². The first-order valence-corrected chi connectivity index (χ1v) is 10.9. The molecule has 0 aliphatic rings. The van der Waals surface area contributed by atoms with Gasteiger partial charge in [0.05, 0.1) is 0 Å². The minimum Gasteiger partial charge on any atom is -0.399 e. The molecule has 0 unspecified atom stereocenters. The Morgan fingerprint density at radius 3 is 1.00 bits per heavy atom. The summed E-state index contributed by atoms with van der Waals surface area (Å²) in [5, 5.41) is 0. The number of nitrogens with zero attached hydrogens (tertiary/aromatic N) is 1. The lowest BCUT2D eigenvalue weighted by Crippen LogP contribution is -2.09. The van der Waals surface area contributed by atoms with Crippen LogP contribution in [0.1, 0.15) is 0 Å². The predicted octanol–water partition coefficient (Wildman–Crippen LogP) is 7.65. The Labute approximate surface area is 194 Å². The van der Waals surface area contributed by atoms with Crippen LogP contribution in [0, 0.1) is 0 Å². The van der Waals surface area contributed by atoms with Crippen LogP contribution in [-0.2, 0) is 0 Å². The van der Waals surface area contributed by atoms with Crippen LogP contribution >= 0.6 is 0 Å². The van der Waals surface area contributed by atoms with Crippen LogP contribution in [0.25, 0.3) is 22.3 Å². The molecule has 5 aromatic carbocycles. The summed E-state index contributed by atoms with van der Waals surface area (Å²) in [5.41, 5.74) is 21.1. The molecule has 3 nitrogen and oxygen atoms in total. The van der Waals surface area contributed by atoms with Crippen molar-refractivity contribution < 1.29 is 0 Å². The second-order valence-corrected chi connectivity index (χ2v) is 8.01. The van der Waals surface area contributed by atoms with E-state index in [0.29, 0.717) is 0 Å². The molecule has 33 heavy (non-hydrogen) atoms. The molecule has 160 valence electrons. The standard InChI is InChI=1S/C30H25N3/c31-26-14-6-22(7-15-26)24-10-18-29(19-11-24)33(28-4-2-1-3-5-28)30-20-12-25(13-21-30)23-8-16-27(32)17-9-23/h1-21H,31-32H2. The second-order valence-electron chi connectivity index (χ2n) is 8.01. The van der Waals surface area contributed by atoms with E-state index in [2.05, 4.69) is 102 Å². The fourth-order valence-electron chi connectivity index (χ4n) is 3.98. The van der Waals surface area contributed by atoms with Crippen LogP contribution in [0.4, 0.5) is 28.4 Å². The SMILES string of the molecule is Nc1ccc(-c2ccc(N(c3ccccc3)c3ccc(-c4ccc(N)cc4)cc3)cc2)cc1. The highest BCUT2D eigenvalue weighted by atomic mass is 15.1. The molecular formula is C30H25N3. The van der Waals surface area contributed by atoms with Crippen molar-refractivity contribution >= 4 is 28.4 Å². The van der Waals surface area contributed by atoms with Crippen molar-refractivity contribution in [3.63, 3.8) is 0 Å². The van der Waals surface area contributed by atoms with E-state index in [1.54, 1.807) is 0 Å². The van der Waals surface area contributed by atoms with Crippen molar-refractivity contribution in [1.29, 1.82) is 0 Å². The van der Waals surface area contributed by atoms with Gasteiger partial charge in [0.15, 0.2) is 0 Å². The first-order valence-electron chi connectivity index (χ1n) is 10.9. The molecule has 0 saturated carbocycles. The molecule has 0 fully saturated rings. The number of para-hydroxylation sites is 1. The highest BCUT2D eigenvalue weighted by Crippen LogP contribution is 2.36. The van der Waals surface area contributed by atoms with Gasteiger partial charge in [-0.15, -0.1) is 0 Å². The van der Waals surface area contributed by atoms with Gasteiger partial charge < -0.3 is 16.4 Å². The molecule has 4 N–H and O–H groups in total. The van der Waals surface area contributed by atoms with Gasteiger partial charge in [-0.05, 0) is 82.9 Å². The van der Waals surface area contributed by atoms with Gasteiger partial charge in [-0.25, -0.2) is 0 Å². The monoisotopic (exact) mass is 427 g/mol. The van der Waals surface area contributed by atoms with Gasteiger partial charge in [-0.1, -0.05) is 66.7 Å². The third-order valence-electron chi connectivity index (χ3n) is 5.75. The lowest BCUT2D eigenvalue weighted by molar-refractivity contribution is 1.28. The van der Waals surface area contributed by atoms with Gasteiger partial charge in [-0.2, -0.15) is 0 Å². The summed E-state index contributed by atoms with van der Waals surface area (Å²) in [5.74, 6) is 0. The number of benzene rings is 5. The fourth-order valence-corrected chi connectivity index (χ4v) is 3.98. The summed E-state index contributed by atoms with van der Waals surface area (Å²) in [6.45, 7) is 0. The van der Waals surface area contributed by atoms with Crippen molar-refractivity contribution in [3.05, 3.63) is 127 Å². The molecule has 0 spiro atoms. The molecule has 5 rings (SSSR count). The number of hydrogen-bond donors (Lipinski definition) is 2. The molecule has 0 amide bonds. The van der Waals surface area contributed by atoms with Crippen LogP contribution in [-0.4, -0.2) is 0 Å². The Hall–Kier alpha value is -4.50. The van der Waals surface area contributed by atoms with E-state index in [1.165, 1.54) is 0 Å². The van der Waals surface area contributed by atoms with Crippen molar-refractivity contribution in [3.8, 4) is 22.3 Å². The summed E-state index contributed by atoms with van der Waals surface area (Å²) >= 11 is 0. The average molecular weight is 428 g/mol. The molecule has 5 aromatic rings. The normalized spacial score (nSPS) is 10.7. The van der Waals surface area contributed by atoms with Crippen molar-refractivity contribution in [1.82, 2.24) is 0 Å². The number of nitrogens with two attached hydrogens (primary N) is 2. The van der Waals surface area contributed by atoms with E-state index >= 15 is 0 Å². The van der Waals surface area contributed by atoms with Crippen LogP contribution in [0.3, 0.4) is 0 Å². The molecule has 3 heteroatoms. The van der Waals surface area contributed by atoms with E-state index in [4.69, 9.17) is 11.5 Å². The molecule has 0 aromatic heterocycles. The summed E-state index contributed by atoms with van der Waals surface area (Å²) in [6, 6.07) is 43.6. The summed E-state index contributed by atoms with van der Waals surface area (Å²) in [4.78, 5) is 2.26. The number of anilines is 5. The minimum absolute atomic E-state index is 0.771. The van der Waals surface area contributed by atoms with E-state index in [0.717, 1.165) is 50.7 Å². The number of rotatable bonds is 5. The molecule has 0 aliphatic heterocycles. The molecular weight excluding hydrogens is 402 g/mol. The van der Waals surface area contributed by atoms with E-state index in [-0.39, 0.29) is 0 Å². The van der Waals surface area contributed by atoms with Crippen molar-refractivity contribution in [2.75, 3.05) is 16.4 Å². The van der Waals surface area contributed by atoms with Gasteiger partial charge >= 0.3 is 0 Å². The quantitative estimate of drug-likeness (QED) is 0.283. The highest BCUT2D eigenvalue weighted by Gasteiger charge is 2.12. The van der Waals surface area contributed by atoms with Crippen LogP contribution in [0.15, 0.2) is 127 Å². The van der Waals surface area contributed by atoms with Gasteiger partial charge in [0.1, 0.15) is 0 Å². The first-order chi connectivity index (χ1) is 16.2. The zero-order valence-corrected chi connectivity index (χ0v) is 18.2. The van der Waals surface area contributed by atoms with Crippen molar-refractivity contribution in [2.45, 2.75) is 0 Å². The Morgan fingerprint density at radius 2 is 0.636 bits per heavy atom. The molecule has 0 bridgehead atoms. The number of hydrogen-bond acceptors (Lipinski definition) is 3. The third-order valence-corrected chi connectivity index (χ3v) is 5.75. The summed E-state index contributed by atoms with van der Waals surface area (Å²) < 4.78 is 0. The maximum absolute atomic E-state index is 5.84. The molecule has 0 saturated heterocycles. The zero-order chi connectivity index (χ0) is 22.6. The van der Waals surface area contributed by atoms with Gasteiger partial charge in [0, 0.05) is 28.4 Å². The number of nitrogen functional groups attached to an aromatic ring is 2. The molecule has 0 atom stereocenters. The third kappa shape index (κ3) is 4.43. The summed E-state index contributed by atoms with van der Waals surface area (Å²) in [7, 11) is 0. The lowest BCUT2D eigenvalue weighted by atomic mass is 10.0. The fraction of sp³-hybridized carbons (Fsp3) is 0. The maximum atomic E-state index is 5.84. The largest absolute Gasteiger partial charge is 0.399 e. The Morgan fingerprint density at radius 1 is 0.333 bits per heavy atom. The summed E-state index contributed by atoms with van der Waals surface area (Å²) in [6.07, 6.45) is 0. The molecule has 0 heterocycles. The van der Waals surface area contributed by atoms with E-state index in [1.807, 2.05) is 30.3 Å². The Bertz CT molecular complexity index is 1230. The minimum atomic E-state index is 0.771. The average Bonchev–Trinajstić information content (AvgIpc) is 2.87. The first kappa shape index (κ1) is 20.4. The van der Waals surface area contributed by atoms with Crippen molar-refractivity contribution in [2.24, 2.45) is 0 Å². The maximum Gasteiger partial charge on any atom is 0.0462 e. The second kappa shape index (κ2) is 8.93. The van der Waals surface area contributed by atoms with E-state index < -0.39 is 0 Å². The van der Waals surface area contributed by atoms with Gasteiger partial charge in [0.2, 0.25) is 0 Å². The Kier molecular flexibility index (Phi) is 5.52. The van der Waals surface area contributed by atoms with E-state index in [9.17, 15) is 0 Å². The predicted molar refractivity (Wildman–Crippen MR) is 141 cm³/mol. The van der Waals surface area contributed by atoms with Gasteiger partial charge in [0.25, 0.3) is 0 Å². The molecule has 0 radical (unpaired) electrons. The Balaban J connectivity index is 1.50. The van der Waals surface area contributed by atoms with Crippen LogP contribution in [0.5, 0.6) is 0 Å². The smallest absolute Gasteiger partial charge is 0.0462 e. The van der Waals surface area contributed by atoms with Gasteiger partial charge in [-0.3, -0.25) is 0 Å². The lowest BCUT2D eigenvalue weighted by Gasteiger charge is -2.26. The topological polar surface area (TPSA) is 55.3 Å². The highest BCUT2D eigenvalue weighted by molar-refractivity contribution is 5.80. The molecule has 0 aliphatic carbocycles. The van der Waals surface area contributed by atoms with Crippen LogP contribution < -0.4 is 16.4 Å².